The summed E-state index contributed by atoms with van der Waals surface area (Å²) in [7, 11) is 0. The zero-order chi connectivity index (χ0) is 9.36. The Kier molecular flexibility index (Phi) is 4.65. The molecule has 0 saturated carbocycles. The first-order chi connectivity index (χ1) is 6.43. The number of nitriles is 1. The fraction of sp³-hybridized carbons (Fsp3) is 0.556. The topological polar surface area (TPSA) is 61.9 Å². The van der Waals surface area contributed by atoms with Crippen LogP contribution in [0.4, 0.5) is 0 Å². The Labute approximate surface area is 77.5 Å². The maximum atomic E-state index is 8.28. The minimum atomic E-state index is 0.644. The number of nitrogens with zero attached hydrogens (tertiary/aromatic N) is 2. The first kappa shape index (κ1) is 9.75. The lowest BCUT2D eigenvalue weighted by Gasteiger charge is -1.99. The van der Waals surface area contributed by atoms with Crippen molar-refractivity contribution in [2.45, 2.75) is 25.8 Å². The Morgan fingerprint density at radius 2 is 2.46 bits per heavy atom. The van der Waals surface area contributed by atoms with Crippen LogP contribution in [-0.2, 0) is 6.54 Å². The molecule has 0 aromatic carbocycles. The smallest absolute Gasteiger partial charge is 0.124 e. The van der Waals surface area contributed by atoms with Crippen molar-refractivity contribution in [1.29, 1.82) is 5.26 Å². The SMILES string of the molecule is N#CCCCCNCc1ccon1. The van der Waals surface area contributed by atoms with E-state index in [1.54, 1.807) is 6.26 Å². The highest BCUT2D eigenvalue weighted by atomic mass is 16.5. The lowest BCUT2D eigenvalue weighted by atomic mass is 10.2. The second kappa shape index (κ2) is 6.21. The molecule has 0 aliphatic carbocycles. The van der Waals surface area contributed by atoms with Crippen molar-refractivity contribution in [3.05, 3.63) is 18.0 Å². The summed E-state index contributed by atoms with van der Waals surface area (Å²) in [6.45, 7) is 1.66. The third kappa shape index (κ3) is 4.28. The summed E-state index contributed by atoms with van der Waals surface area (Å²) in [5, 5.41) is 15.3. The van der Waals surface area contributed by atoms with E-state index in [2.05, 4.69) is 21.1 Å². The fourth-order valence-electron chi connectivity index (χ4n) is 0.999. The van der Waals surface area contributed by atoms with E-state index >= 15 is 0 Å². The molecule has 1 aromatic heterocycles. The molecule has 0 atom stereocenters. The average molecular weight is 179 g/mol. The summed E-state index contributed by atoms with van der Waals surface area (Å²) in [6.07, 6.45) is 4.20. The molecule has 1 aromatic rings. The second-order valence-electron chi connectivity index (χ2n) is 2.78. The van der Waals surface area contributed by atoms with Crippen molar-refractivity contribution in [2.75, 3.05) is 6.54 Å². The molecule has 0 unspecified atom stereocenters. The first-order valence-corrected chi connectivity index (χ1v) is 4.40. The minimum absolute atomic E-state index is 0.644. The molecular formula is C9H13N3O. The van der Waals surface area contributed by atoms with Crippen LogP contribution in [-0.4, -0.2) is 11.7 Å². The Balaban J connectivity index is 1.94. The zero-order valence-electron chi connectivity index (χ0n) is 7.49. The molecule has 13 heavy (non-hydrogen) atoms. The van der Waals surface area contributed by atoms with Crippen LogP contribution in [0.2, 0.25) is 0 Å². The molecule has 4 nitrogen and oxygen atoms in total. The highest BCUT2D eigenvalue weighted by Gasteiger charge is 1.94. The molecule has 70 valence electrons. The molecule has 0 bridgehead atoms. The highest BCUT2D eigenvalue weighted by Crippen LogP contribution is 1.94. The van der Waals surface area contributed by atoms with E-state index in [4.69, 9.17) is 5.26 Å². The van der Waals surface area contributed by atoms with E-state index in [1.165, 1.54) is 0 Å². The van der Waals surface area contributed by atoms with Gasteiger partial charge >= 0.3 is 0 Å². The van der Waals surface area contributed by atoms with Gasteiger partial charge in [0, 0.05) is 19.0 Å². The number of nitrogens with one attached hydrogen (secondary N) is 1. The maximum Gasteiger partial charge on any atom is 0.124 e. The number of rotatable bonds is 6. The van der Waals surface area contributed by atoms with Crippen LogP contribution in [0.25, 0.3) is 0 Å². The third-order valence-electron chi connectivity index (χ3n) is 1.69. The van der Waals surface area contributed by atoms with Gasteiger partial charge in [-0.05, 0) is 19.4 Å². The van der Waals surface area contributed by atoms with Crippen LogP contribution in [0.15, 0.2) is 16.9 Å². The molecule has 0 fully saturated rings. The standard InChI is InChI=1S/C9H13N3O/c10-5-2-1-3-6-11-8-9-4-7-13-12-9/h4,7,11H,1-3,6,8H2. The molecule has 0 spiro atoms. The molecule has 0 aliphatic heterocycles. The Bertz CT molecular complexity index is 250. The van der Waals surface area contributed by atoms with E-state index in [0.29, 0.717) is 6.42 Å². The van der Waals surface area contributed by atoms with Gasteiger partial charge in [0.1, 0.15) is 6.26 Å². The van der Waals surface area contributed by atoms with Crippen molar-refractivity contribution in [1.82, 2.24) is 10.5 Å². The fourth-order valence-corrected chi connectivity index (χ4v) is 0.999. The Morgan fingerprint density at radius 3 is 3.15 bits per heavy atom. The summed E-state index contributed by atoms with van der Waals surface area (Å²) < 4.78 is 4.68. The van der Waals surface area contributed by atoms with E-state index < -0.39 is 0 Å². The number of aromatic nitrogens is 1. The lowest BCUT2D eigenvalue weighted by Crippen LogP contribution is -2.14. The van der Waals surface area contributed by atoms with Crippen LogP contribution in [0.5, 0.6) is 0 Å². The molecule has 0 aliphatic rings. The molecule has 0 saturated heterocycles. The third-order valence-corrected chi connectivity index (χ3v) is 1.69. The van der Waals surface area contributed by atoms with E-state index in [9.17, 15) is 0 Å². The molecule has 0 radical (unpaired) electrons. The van der Waals surface area contributed by atoms with Crippen LogP contribution in [0.3, 0.4) is 0 Å². The van der Waals surface area contributed by atoms with E-state index in [1.807, 2.05) is 6.07 Å². The van der Waals surface area contributed by atoms with Gasteiger partial charge in [-0.2, -0.15) is 5.26 Å². The van der Waals surface area contributed by atoms with Gasteiger partial charge in [-0.3, -0.25) is 0 Å². The summed E-state index contributed by atoms with van der Waals surface area (Å²) in [5.74, 6) is 0. The Hall–Kier alpha value is -1.34. The number of hydrogen-bond donors (Lipinski definition) is 1. The van der Waals surface area contributed by atoms with Crippen molar-refractivity contribution >= 4 is 0 Å². The van der Waals surface area contributed by atoms with Crippen molar-refractivity contribution in [3.8, 4) is 6.07 Å². The molecule has 1 N–H and O–H groups in total. The number of unbranched alkanes of at least 4 members (excludes halogenated alkanes) is 2. The summed E-state index contributed by atoms with van der Waals surface area (Å²) >= 11 is 0. The summed E-state index contributed by atoms with van der Waals surface area (Å²) in [4.78, 5) is 0. The molecule has 1 rings (SSSR count). The zero-order valence-corrected chi connectivity index (χ0v) is 7.49. The van der Waals surface area contributed by atoms with Gasteiger partial charge in [0.05, 0.1) is 11.8 Å². The van der Waals surface area contributed by atoms with Gasteiger partial charge in [0.2, 0.25) is 0 Å². The lowest BCUT2D eigenvalue weighted by molar-refractivity contribution is 0.408. The first-order valence-electron chi connectivity index (χ1n) is 4.40. The Morgan fingerprint density at radius 1 is 1.54 bits per heavy atom. The van der Waals surface area contributed by atoms with Gasteiger partial charge < -0.3 is 9.84 Å². The minimum Gasteiger partial charge on any atom is -0.364 e. The van der Waals surface area contributed by atoms with Crippen molar-refractivity contribution in [2.24, 2.45) is 0 Å². The van der Waals surface area contributed by atoms with Gasteiger partial charge in [-0.1, -0.05) is 5.16 Å². The largest absolute Gasteiger partial charge is 0.364 e. The van der Waals surface area contributed by atoms with Crippen molar-refractivity contribution in [3.63, 3.8) is 0 Å². The van der Waals surface area contributed by atoms with E-state index in [0.717, 1.165) is 31.6 Å². The quantitative estimate of drug-likeness (QED) is 0.671. The van der Waals surface area contributed by atoms with Crippen LogP contribution in [0.1, 0.15) is 25.0 Å². The monoisotopic (exact) mass is 179 g/mol. The molecule has 4 heteroatoms. The highest BCUT2D eigenvalue weighted by molar-refractivity contribution is 4.93. The predicted octanol–water partition coefficient (Wildman–Crippen LogP) is 1.46. The second-order valence-corrected chi connectivity index (χ2v) is 2.78. The molecular weight excluding hydrogens is 166 g/mol. The van der Waals surface area contributed by atoms with E-state index in [-0.39, 0.29) is 0 Å². The summed E-state index contributed by atoms with van der Waals surface area (Å²) in [6, 6.07) is 3.95. The van der Waals surface area contributed by atoms with Gasteiger partial charge in [0.25, 0.3) is 0 Å². The molecule has 0 amide bonds. The van der Waals surface area contributed by atoms with Crippen molar-refractivity contribution < 1.29 is 4.52 Å². The van der Waals surface area contributed by atoms with Gasteiger partial charge in [0.15, 0.2) is 0 Å². The van der Waals surface area contributed by atoms with Crippen LogP contribution >= 0.6 is 0 Å². The molecule has 1 heterocycles. The van der Waals surface area contributed by atoms with Gasteiger partial charge in [-0.25, -0.2) is 0 Å². The average Bonchev–Trinajstić information content (AvgIpc) is 2.63. The van der Waals surface area contributed by atoms with Gasteiger partial charge in [-0.15, -0.1) is 0 Å². The van der Waals surface area contributed by atoms with Crippen LogP contribution in [0, 0.1) is 11.3 Å². The predicted molar refractivity (Wildman–Crippen MR) is 47.7 cm³/mol. The summed E-state index contributed by atoms with van der Waals surface area (Å²) in [5.41, 5.74) is 0.917. The normalized spacial score (nSPS) is 9.77. The number of hydrogen-bond acceptors (Lipinski definition) is 4. The maximum absolute atomic E-state index is 8.28. The van der Waals surface area contributed by atoms with Crippen LogP contribution < -0.4 is 5.32 Å².